The molecule has 1 aromatic carbocycles. The number of fused-ring (bicyclic) bond motifs is 3. The Kier molecular flexibility index (Phi) is 1.90. The highest BCUT2D eigenvalue weighted by atomic mass is 79.9. The van der Waals surface area contributed by atoms with Gasteiger partial charge in [-0.2, -0.15) is 0 Å². The predicted molar refractivity (Wildman–Crippen MR) is 61.0 cm³/mol. The summed E-state index contributed by atoms with van der Waals surface area (Å²) in [4.78, 5) is 4.28. The van der Waals surface area contributed by atoms with Gasteiger partial charge in [-0.1, -0.05) is 6.07 Å². The molecule has 0 saturated heterocycles. The molecule has 0 atom stereocenters. The van der Waals surface area contributed by atoms with E-state index in [-0.39, 0.29) is 0 Å². The van der Waals surface area contributed by atoms with Gasteiger partial charge in [-0.3, -0.25) is 4.40 Å². The number of hydrogen-bond acceptors (Lipinski definition) is 3. The van der Waals surface area contributed by atoms with Crippen molar-refractivity contribution >= 4 is 44.1 Å². The van der Waals surface area contributed by atoms with E-state index in [1.165, 1.54) is 0 Å². The number of nitrogens with zero attached hydrogens (tertiary/aromatic N) is 4. The van der Waals surface area contributed by atoms with E-state index in [9.17, 15) is 0 Å². The van der Waals surface area contributed by atoms with Gasteiger partial charge in [0.1, 0.15) is 6.33 Å². The second-order valence-electron chi connectivity index (χ2n) is 3.04. The fourth-order valence-electron chi connectivity index (χ4n) is 1.51. The molecular weight excluding hydrogens is 279 g/mol. The maximum atomic E-state index is 6.00. The van der Waals surface area contributed by atoms with Crippen LogP contribution in [0.25, 0.3) is 16.6 Å². The molecule has 0 unspecified atom stereocenters. The molecule has 6 heteroatoms. The molecule has 74 valence electrons. The molecule has 0 fully saturated rings. The third-order valence-electron chi connectivity index (χ3n) is 2.18. The smallest absolute Gasteiger partial charge is 0.210 e. The van der Waals surface area contributed by atoms with Gasteiger partial charge in [-0.15, -0.1) is 10.2 Å². The van der Waals surface area contributed by atoms with Gasteiger partial charge >= 0.3 is 0 Å². The molecular formula is C9H4BrClN4. The summed E-state index contributed by atoms with van der Waals surface area (Å²) in [6, 6.07) is 5.78. The molecule has 15 heavy (non-hydrogen) atoms. The summed E-state index contributed by atoms with van der Waals surface area (Å²) >= 11 is 9.43. The molecule has 0 bridgehead atoms. The van der Waals surface area contributed by atoms with E-state index in [0.717, 1.165) is 15.4 Å². The topological polar surface area (TPSA) is 43.1 Å². The lowest BCUT2D eigenvalue weighted by atomic mass is 10.2. The van der Waals surface area contributed by atoms with Crippen molar-refractivity contribution < 1.29 is 0 Å². The van der Waals surface area contributed by atoms with Crippen LogP contribution < -0.4 is 0 Å². The summed E-state index contributed by atoms with van der Waals surface area (Å²) in [5.74, 6) is 0. The lowest BCUT2D eigenvalue weighted by molar-refractivity contribution is 1.08. The lowest BCUT2D eigenvalue weighted by Gasteiger charge is -2.02. The number of halogens is 2. The van der Waals surface area contributed by atoms with Crippen molar-refractivity contribution in [2.75, 3.05) is 0 Å². The van der Waals surface area contributed by atoms with Crippen molar-refractivity contribution in [2.45, 2.75) is 0 Å². The normalized spacial score (nSPS) is 11.3. The predicted octanol–water partition coefficient (Wildman–Crippen LogP) is 2.69. The standard InChI is InChI=1S/C9H4BrClN4/c10-6-3-1-2-5-7(6)13-9(11)15-4-12-14-8(5)15/h1-4H. The molecule has 3 aromatic rings. The van der Waals surface area contributed by atoms with Crippen LogP contribution in [0, 0.1) is 0 Å². The SMILES string of the molecule is Clc1nc2c(Br)cccc2c2nncn12. The molecule has 4 nitrogen and oxygen atoms in total. The van der Waals surface area contributed by atoms with Gasteiger partial charge in [0.25, 0.3) is 0 Å². The number of aromatic nitrogens is 4. The number of benzene rings is 1. The molecule has 0 saturated carbocycles. The quantitative estimate of drug-likeness (QED) is 0.596. The molecule has 0 spiro atoms. The minimum Gasteiger partial charge on any atom is -0.255 e. The van der Waals surface area contributed by atoms with E-state index >= 15 is 0 Å². The van der Waals surface area contributed by atoms with E-state index in [1.807, 2.05) is 18.2 Å². The highest BCUT2D eigenvalue weighted by molar-refractivity contribution is 9.10. The molecule has 2 aromatic heterocycles. The minimum atomic E-state index is 0.356. The zero-order valence-corrected chi connectivity index (χ0v) is 9.70. The Morgan fingerprint density at radius 1 is 1.33 bits per heavy atom. The molecule has 0 aliphatic heterocycles. The van der Waals surface area contributed by atoms with E-state index in [2.05, 4.69) is 31.1 Å². The van der Waals surface area contributed by atoms with Crippen LogP contribution in [0.5, 0.6) is 0 Å². The van der Waals surface area contributed by atoms with Crippen molar-refractivity contribution in [3.63, 3.8) is 0 Å². The summed E-state index contributed by atoms with van der Waals surface area (Å²) in [6.07, 6.45) is 1.55. The van der Waals surface area contributed by atoms with Gasteiger partial charge in [0, 0.05) is 9.86 Å². The van der Waals surface area contributed by atoms with Gasteiger partial charge < -0.3 is 0 Å². The van der Waals surface area contributed by atoms with Gasteiger partial charge in [0.05, 0.1) is 5.52 Å². The number of para-hydroxylation sites is 1. The van der Waals surface area contributed by atoms with Crippen LogP contribution in [0.1, 0.15) is 0 Å². The van der Waals surface area contributed by atoms with Crippen LogP contribution in [0.3, 0.4) is 0 Å². The first-order chi connectivity index (χ1) is 7.27. The largest absolute Gasteiger partial charge is 0.255 e. The Morgan fingerprint density at radius 2 is 2.20 bits per heavy atom. The van der Waals surface area contributed by atoms with Crippen molar-refractivity contribution in [3.05, 3.63) is 34.3 Å². The Balaban J connectivity index is 2.66. The first-order valence-electron chi connectivity index (χ1n) is 4.21. The molecule has 3 rings (SSSR count). The van der Waals surface area contributed by atoms with E-state index in [0.29, 0.717) is 10.9 Å². The number of hydrogen-bond donors (Lipinski definition) is 0. The second kappa shape index (κ2) is 3.15. The van der Waals surface area contributed by atoms with Gasteiger partial charge in [0.15, 0.2) is 5.65 Å². The van der Waals surface area contributed by atoms with Crippen molar-refractivity contribution in [2.24, 2.45) is 0 Å². The highest BCUT2D eigenvalue weighted by Gasteiger charge is 2.09. The average molecular weight is 284 g/mol. The van der Waals surface area contributed by atoms with Gasteiger partial charge in [0.2, 0.25) is 5.28 Å². The second-order valence-corrected chi connectivity index (χ2v) is 4.23. The van der Waals surface area contributed by atoms with Crippen LogP contribution in [-0.2, 0) is 0 Å². The Morgan fingerprint density at radius 3 is 3.07 bits per heavy atom. The van der Waals surface area contributed by atoms with E-state index in [4.69, 9.17) is 11.6 Å². The summed E-state index contributed by atoms with van der Waals surface area (Å²) in [5.41, 5.74) is 1.51. The van der Waals surface area contributed by atoms with Crippen LogP contribution in [0.4, 0.5) is 0 Å². The molecule has 0 aliphatic rings. The molecule has 0 amide bonds. The molecule has 0 aliphatic carbocycles. The maximum absolute atomic E-state index is 6.00. The first kappa shape index (κ1) is 9.06. The van der Waals surface area contributed by atoms with Crippen LogP contribution in [0.2, 0.25) is 5.28 Å². The monoisotopic (exact) mass is 282 g/mol. The van der Waals surface area contributed by atoms with E-state index in [1.54, 1.807) is 10.7 Å². The Bertz CT molecular complexity index is 664. The summed E-state index contributed by atoms with van der Waals surface area (Å²) in [5, 5.41) is 9.11. The number of rotatable bonds is 0. The van der Waals surface area contributed by atoms with Crippen molar-refractivity contribution in [1.29, 1.82) is 0 Å². The fourth-order valence-corrected chi connectivity index (χ4v) is 2.17. The average Bonchev–Trinajstić information content (AvgIpc) is 2.69. The van der Waals surface area contributed by atoms with Crippen LogP contribution in [-0.4, -0.2) is 19.6 Å². The van der Waals surface area contributed by atoms with Crippen molar-refractivity contribution in [3.8, 4) is 0 Å². The zero-order chi connectivity index (χ0) is 10.4. The lowest BCUT2D eigenvalue weighted by Crippen LogP contribution is -1.92. The third-order valence-corrected chi connectivity index (χ3v) is 3.08. The zero-order valence-electron chi connectivity index (χ0n) is 7.35. The summed E-state index contributed by atoms with van der Waals surface area (Å²) < 4.78 is 2.54. The van der Waals surface area contributed by atoms with Crippen LogP contribution >= 0.6 is 27.5 Å². The summed E-state index contributed by atoms with van der Waals surface area (Å²) in [6.45, 7) is 0. The van der Waals surface area contributed by atoms with Crippen LogP contribution in [0.15, 0.2) is 29.0 Å². The highest BCUT2D eigenvalue weighted by Crippen LogP contribution is 2.26. The molecule has 2 heterocycles. The van der Waals surface area contributed by atoms with Crippen molar-refractivity contribution in [1.82, 2.24) is 19.6 Å². The molecule has 0 radical (unpaired) electrons. The van der Waals surface area contributed by atoms with Gasteiger partial charge in [-0.05, 0) is 39.7 Å². The maximum Gasteiger partial charge on any atom is 0.210 e. The Labute approximate surface area is 98.0 Å². The Hall–Kier alpha value is -1.20. The fraction of sp³-hybridized carbons (Fsp3) is 0. The van der Waals surface area contributed by atoms with Gasteiger partial charge in [-0.25, -0.2) is 4.98 Å². The summed E-state index contributed by atoms with van der Waals surface area (Å²) in [7, 11) is 0. The first-order valence-corrected chi connectivity index (χ1v) is 5.38. The minimum absolute atomic E-state index is 0.356. The molecule has 0 N–H and O–H groups in total. The third kappa shape index (κ3) is 1.23. The van der Waals surface area contributed by atoms with E-state index < -0.39 is 0 Å².